The number of aromatic nitrogens is 5. The van der Waals surface area contributed by atoms with Crippen molar-refractivity contribution < 1.29 is 4.42 Å². The molecule has 0 fully saturated rings. The quantitative estimate of drug-likeness (QED) is 0.160. The maximum Gasteiger partial charge on any atom is 0.186 e. The van der Waals surface area contributed by atoms with Crippen LogP contribution in [0.1, 0.15) is 0 Å². The standard InChI is InChI=1S/C60H37N5O/c1-3-14-38(15-4-1)43-19-13-20-45(36-43)59-62-58(63-60(64-59)55-57-49(34-35-61-55)48-22-10-12-25-53(48)66-57)42-28-26-39(27-29-42)40-30-32-46(33-31-40)65-52-24-11-9-23-50(52)54-51(41-16-5-2-6-17-41)37-44-18-7-8-21-47(44)56(54)65/h1-37H. The third-order valence-corrected chi connectivity index (χ3v) is 12.7. The van der Waals surface area contributed by atoms with Gasteiger partial charge in [-0.2, -0.15) is 0 Å². The molecule has 6 heteroatoms. The van der Waals surface area contributed by atoms with Gasteiger partial charge in [-0.3, -0.25) is 0 Å². The first kappa shape index (κ1) is 37.5. The van der Waals surface area contributed by atoms with Crippen LogP contribution in [0.25, 0.3) is 128 Å². The summed E-state index contributed by atoms with van der Waals surface area (Å²) in [6.07, 6.45) is 1.80. The van der Waals surface area contributed by atoms with Gasteiger partial charge in [-0.05, 0) is 81.2 Å². The molecular formula is C60H37N5O. The van der Waals surface area contributed by atoms with Crippen LogP contribution in [-0.2, 0) is 0 Å². The molecular weight excluding hydrogens is 807 g/mol. The van der Waals surface area contributed by atoms with Crippen LogP contribution in [0.4, 0.5) is 0 Å². The van der Waals surface area contributed by atoms with E-state index in [0.29, 0.717) is 28.8 Å². The first-order valence-electron chi connectivity index (χ1n) is 22.1. The Morgan fingerprint density at radius 3 is 1.74 bits per heavy atom. The van der Waals surface area contributed by atoms with Crippen molar-refractivity contribution in [2.24, 2.45) is 0 Å². The number of hydrogen-bond acceptors (Lipinski definition) is 5. The minimum atomic E-state index is 0.443. The van der Waals surface area contributed by atoms with E-state index in [1.54, 1.807) is 6.20 Å². The van der Waals surface area contributed by atoms with Crippen molar-refractivity contribution in [3.63, 3.8) is 0 Å². The van der Waals surface area contributed by atoms with Crippen molar-refractivity contribution in [3.05, 3.63) is 225 Å². The lowest BCUT2D eigenvalue weighted by Crippen LogP contribution is -2.01. The van der Waals surface area contributed by atoms with Crippen LogP contribution in [0, 0.1) is 0 Å². The van der Waals surface area contributed by atoms with E-state index in [2.05, 4.69) is 168 Å². The monoisotopic (exact) mass is 843 g/mol. The van der Waals surface area contributed by atoms with Gasteiger partial charge in [0.1, 0.15) is 5.58 Å². The highest BCUT2D eigenvalue weighted by atomic mass is 16.3. The predicted octanol–water partition coefficient (Wildman–Crippen LogP) is 15.4. The predicted molar refractivity (Wildman–Crippen MR) is 269 cm³/mol. The Balaban J connectivity index is 0.907. The van der Waals surface area contributed by atoms with E-state index >= 15 is 0 Å². The van der Waals surface area contributed by atoms with Crippen molar-refractivity contribution in [2.45, 2.75) is 0 Å². The molecule has 13 rings (SSSR count). The summed E-state index contributed by atoms with van der Waals surface area (Å²) in [6.45, 7) is 0. The minimum absolute atomic E-state index is 0.443. The highest BCUT2D eigenvalue weighted by Crippen LogP contribution is 2.43. The molecule has 4 aromatic heterocycles. The lowest BCUT2D eigenvalue weighted by Gasteiger charge is -2.13. The van der Waals surface area contributed by atoms with Gasteiger partial charge in [0.25, 0.3) is 0 Å². The summed E-state index contributed by atoms with van der Waals surface area (Å²) in [5.74, 6) is 1.54. The molecule has 4 heterocycles. The molecule has 0 aliphatic carbocycles. The van der Waals surface area contributed by atoms with Gasteiger partial charge in [-0.15, -0.1) is 0 Å². The topological polar surface area (TPSA) is 69.6 Å². The molecule has 6 nitrogen and oxygen atoms in total. The number of benzene rings is 9. The summed E-state index contributed by atoms with van der Waals surface area (Å²) in [4.78, 5) is 20.1. The van der Waals surface area contributed by atoms with E-state index in [4.69, 9.17) is 24.4 Å². The van der Waals surface area contributed by atoms with Crippen molar-refractivity contribution >= 4 is 54.5 Å². The number of furan rings is 1. The lowest BCUT2D eigenvalue weighted by atomic mass is 9.95. The normalized spacial score (nSPS) is 11.6. The second kappa shape index (κ2) is 15.4. The van der Waals surface area contributed by atoms with Gasteiger partial charge in [0.05, 0.1) is 11.0 Å². The summed E-state index contributed by atoms with van der Waals surface area (Å²) in [7, 11) is 0. The number of para-hydroxylation sites is 2. The average molecular weight is 844 g/mol. The second-order valence-corrected chi connectivity index (χ2v) is 16.6. The van der Waals surface area contributed by atoms with Gasteiger partial charge in [0.15, 0.2) is 28.8 Å². The summed E-state index contributed by atoms with van der Waals surface area (Å²) < 4.78 is 8.85. The molecule has 0 spiro atoms. The molecule has 0 saturated carbocycles. The van der Waals surface area contributed by atoms with Gasteiger partial charge in [0, 0.05) is 49.9 Å². The third-order valence-electron chi connectivity index (χ3n) is 12.7. The Kier molecular flexibility index (Phi) is 8.74. The zero-order chi connectivity index (χ0) is 43.6. The fourth-order valence-corrected chi connectivity index (χ4v) is 9.58. The molecule has 13 aromatic rings. The molecule has 0 radical (unpaired) electrons. The molecule has 9 aromatic carbocycles. The molecule has 0 atom stereocenters. The molecule has 0 amide bonds. The number of pyridine rings is 1. The lowest BCUT2D eigenvalue weighted by molar-refractivity contribution is 0.667. The Hall–Kier alpha value is -9.00. The van der Waals surface area contributed by atoms with Crippen LogP contribution < -0.4 is 0 Å². The summed E-state index contributed by atoms with van der Waals surface area (Å²) >= 11 is 0. The largest absolute Gasteiger partial charge is 0.454 e. The Labute approximate surface area is 379 Å². The Bertz CT molecular complexity index is 3970. The zero-order valence-corrected chi connectivity index (χ0v) is 35.5. The maximum absolute atomic E-state index is 6.42. The number of hydrogen-bond donors (Lipinski definition) is 0. The van der Waals surface area contributed by atoms with E-state index in [1.807, 2.05) is 54.6 Å². The SMILES string of the molecule is c1ccc(-c2cccc(-c3nc(-c4ccc(-c5ccc(-n6c7ccccc7c7c(-c8ccccc8)cc8ccccc8c76)cc5)cc4)nc(-c4nccc5c4oc4ccccc45)n3)c2)cc1. The Morgan fingerprint density at radius 2 is 0.955 bits per heavy atom. The first-order chi connectivity index (χ1) is 32.7. The Morgan fingerprint density at radius 1 is 0.379 bits per heavy atom. The molecule has 66 heavy (non-hydrogen) atoms. The van der Waals surface area contributed by atoms with Crippen molar-refractivity contribution in [1.29, 1.82) is 0 Å². The van der Waals surface area contributed by atoms with Gasteiger partial charge in [0.2, 0.25) is 0 Å². The van der Waals surface area contributed by atoms with E-state index < -0.39 is 0 Å². The fraction of sp³-hybridized carbons (Fsp3) is 0. The molecule has 0 saturated heterocycles. The molecule has 0 bridgehead atoms. The van der Waals surface area contributed by atoms with Crippen molar-refractivity contribution in [1.82, 2.24) is 24.5 Å². The molecule has 0 aliphatic rings. The number of fused-ring (bicyclic) bond motifs is 8. The van der Waals surface area contributed by atoms with Crippen LogP contribution in [0.15, 0.2) is 229 Å². The maximum atomic E-state index is 6.42. The van der Waals surface area contributed by atoms with Crippen molar-refractivity contribution in [2.75, 3.05) is 0 Å². The minimum Gasteiger partial charge on any atom is -0.454 e. The molecule has 0 aliphatic heterocycles. The van der Waals surface area contributed by atoms with Crippen molar-refractivity contribution in [3.8, 4) is 73.4 Å². The fourth-order valence-electron chi connectivity index (χ4n) is 9.58. The first-order valence-corrected chi connectivity index (χ1v) is 22.1. The van der Waals surface area contributed by atoms with Crippen LogP contribution in [0.3, 0.4) is 0 Å². The smallest absolute Gasteiger partial charge is 0.186 e. The van der Waals surface area contributed by atoms with Gasteiger partial charge >= 0.3 is 0 Å². The second-order valence-electron chi connectivity index (χ2n) is 16.6. The van der Waals surface area contributed by atoms with Gasteiger partial charge in [-0.1, -0.05) is 176 Å². The van der Waals surface area contributed by atoms with E-state index in [-0.39, 0.29) is 0 Å². The highest BCUT2D eigenvalue weighted by Gasteiger charge is 2.21. The van der Waals surface area contributed by atoms with Crippen LogP contribution in [0.2, 0.25) is 0 Å². The number of nitrogens with zero attached hydrogens (tertiary/aromatic N) is 5. The molecule has 0 unspecified atom stereocenters. The summed E-state index contributed by atoms with van der Waals surface area (Å²) in [5.41, 5.74) is 14.1. The van der Waals surface area contributed by atoms with E-state index in [9.17, 15) is 0 Å². The highest BCUT2D eigenvalue weighted by molar-refractivity contribution is 6.24. The third kappa shape index (κ3) is 6.26. The van der Waals surface area contributed by atoms with Gasteiger partial charge in [-0.25, -0.2) is 19.9 Å². The van der Waals surface area contributed by atoms with Crippen LogP contribution in [0.5, 0.6) is 0 Å². The zero-order valence-electron chi connectivity index (χ0n) is 35.5. The summed E-state index contributed by atoms with van der Waals surface area (Å²) in [6, 6.07) is 76.6. The summed E-state index contributed by atoms with van der Waals surface area (Å²) in [5, 5.41) is 6.91. The van der Waals surface area contributed by atoms with E-state index in [0.717, 1.165) is 55.4 Å². The van der Waals surface area contributed by atoms with Crippen LogP contribution in [-0.4, -0.2) is 24.5 Å². The van der Waals surface area contributed by atoms with Gasteiger partial charge < -0.3 is 8.98 Å². The average Bonchev–Trinajstić information content (AvgIpc) is 3.96. The van der Waals surface area contributed by atoms with E-state index in [1.165, 1.54) is 43.7 Å². The number of rotatable bonds is 7. The molecule has 308 valence electrons. The van der Waals surface area contributed by atoms with Crippen LogP contribution >= 0.6 is 0 Å². The molecule has 0 N–H and O–H groups in total.